The maximum absolute atomic E-state index is 12.0. The van der Waals surface area contributed by atoms with Gasteiger partial charge in [0.25, 0.3) is 0 Å². The number of hydrogen-bond donors (Lipinski definition) is 2. The van der Waals surface area contributed by atoms with E-state index in [2.05, 4.69) is 10.6 Å². The first-order valence-electron chi connectivity index (χ1n) is 8.52. The summed E-state index contributed by atoms with van der Waals surface area (Å²) in [6, 6.07) is 3.99. The lowest BCUT2D eigenvalue weighted by molar-refractivity contribution is -0.149. The summed E-state index contributed by atoms with van der Waals surface area (Å²) in [6.07, 6.45) is -0.228. The summed E-state index contributed by atoms with van der Waals surface area (Å²) in [4.78, 5) is 35.5. The third-order valence-electron chi connectivity index (χ3n) is 3.88. The van der Waals surface area contributed by atoms with Gasteiger partial charge in [-0.25, -0.2) is 9.59 Å². The minimum absolute atomic E-state index is 0.152. The van der Waals surface area contributed by atoms with E-state index in [1.54, 1.807) is 39.0 Å². The number of urea groups is 1. The van der Waals surface area contributed by atoms with Gasteiger partial charge < -0.3 is 24.8 Å². The van der Waals surface area contributed by atoms with Gasteiger partial charge in [-0.3, -0.25) is 4.79 Å². The number of ether oxygens (including phenoxy) is 3. The number of esters is 1. The molecule has 1 aromatic carbocycles. The van der Waals surface area contributed by atoms with Crippen LogP contribution in [-0.2, 0) is 14.3 Å². The number of benzene rings is 1. The molecule has 1 atom stereocenters. The molecule has 8 heteroatoms. The Morgan fingerprint density at radius 2 is 1.93 bits per heavy atom. The molecule has 2 N–H and O–H groups in total. The SMILES string of the molecule is COc1cc(C2NC(=O)NC(C)=C2C(C)=O)ccc1OCC(=O)OC(C)C. The van der Waals surface area contributed by atoms with Gasteiger partial charge in [-0.05, 0) is 45.4 Å². The van der Waals surface area contributed by atoms with E-state index in [0.717, 1.165) is 0 Å². The number of nitrogens with one attached hydrogen (secondary N) is 2. The van der Waals surface area contributed by atoms with Crippen LogP contribution in [0.2, 0.25) is 0 Å². The summed E-state index contributed by atoms with van der Waals surface area (Å²) in [5.41, 5.74) is 1.63. The van der Waals surface area contributed by atoms with Crippen molar-refractivity contribution in [3.63, 3.8) is 0 Å². The predicted molar refractivity (Wildman–Crippen MR) is 97.5 cm³/mol. The van der Waals surface area contributed by atoms with E-state index in [9.17, 15) is 14.4 Å². The van der Waals surface area contributed by atoms with Crippen molar-refractivity contribution >= 4 is 17.8 Å². The van der Waals surface area contributed by atoms with Crippen LogP contribution in [-0.4, -0.2) is 37.6 Å². The van der Waals surface area contributed by atoms with E-state index in [1.807, 2.05) is 0 Å². The summed E-state index contributed by atoms with van der Waals surface area (Å²) in [5, 5.41) is 5.34. The first-order chi connectivity index (χ1) is 12.7. The van der Waals surface area contributed by atoms with Gasteiger partial charge in [-0.1, -0.05) is 6.07 Å². The van der Waals surface area contributed by atoms with E-state index in [4.69, 9.17) is 14.2 Å². The summed E-state index contributed by atoms with van der Waals surface area (Å²) < 4.78 is 15.8. The predicted octanol–water partition coefficient (Wildman–Crippen LogP) is 2.24. The monoisotopic (exact) mass is 376 g/mol. The number of allylic oxidation sites excluding steroid dienone is 1. The fraction of sp³-hybridized carbons (Fsp3) is 0.421. The maximum atomic E-state index is 12.0. The molecule has 1 heterocycles. The number of carbonyl (C=O) groups excluding carboxylic acids is 3. The molecule has 0 saturated carbocycles. The van der Waals surface area contributed by atoms with Crippen molar-refractivity contribution in [2.45, 2.75) is 39.8 Å². The van der Waals surface area contributed by atoms with Crippen molar-refractivity contribution in [3.8, 4) is 11.5 Å². The zero-order valence-corrected chi connectivity index (χ0v) is 16.0. The third kappa shape index (κ3) is 4.99. The van der Waals surface area contributed by atoms with Crippen molar-refractivity contribution in [2.24, 2.45) is 0 Å². The summed E-state index contributed by atoms with van der Waals surface area (Å²) in [5.74, 6) is 0.0883. The number of Topliss-reactive ketones (excluding diaryl/α,β-unsaturated/α-hetero) is 1. The molecule has 27 heavy (non-hydrogen) atoms. The minimum Gasteiger partial charge on any atom is -0.493 e. The molecule has 8 nitrogen and oxygen atoms in total. The molecule has 1 aromatic rings. The lowest BCUT2D eigenvalue weighted by Crippen LogP contribution is -2.44. The largest absolute Gasteiger partial charge is 0.493 e. The number of carbonyl (C=O) groups is 3. The fourth-order valence-corrected chi connectivity index (χ4v) is 2.83. The van der Waals surface area contributed by atoms with Crippen molar-refractivity contribution in [1.29, 1.82) is 0 Å². The minimum atomic E-state index is -0.606. The van der Waals surface area contributed by atoms with E-state index < -0.39 is 18.0 Å². The third-order valence-corrected chi connectivity index (χ3v) is 3.88. The van der Waals surface area contributed by atoms with Crippen molar-refractivity contribution in [1.82, 2.24) is 10.6 Å². The van der Waals surface area contributed by atoms with Gasteiger partial charge in [0, 0.05) is 11.3 Å². The second kappa shape index (κ2) is 8.57. The van der Waals surface area contributed by atoms with Crippen LogP contribution in [0.5, 0.6) is 11.5 Å². The van der Waals surface area contributed by atoms with E-state index in [0.29, 0.717) is 28.3 Å². The average Bonchev–Trinajstić information content (AvgIpc) is 2.58. The first-order valence-corrected chi connectivity index (χ1v) is 8.52. The Bertz CT molecular complexity index is 784. The molecule has 0 bridgehead atoms. The Morgan fingerprint density at radius 3 is 2.52 bits per heavy atom. The van der Waals surface area contributed by atoms with Crippen molar-refractivity contribution < 1.29 is 28.6 Å². The van der Waals surface area contributed by atoms with Crippen LogP contribution in [0, 0.1) is 0 Å². The van der Waals surface area contributed by atoms with E-state index >= 15 is 0 Å². The number of ketones is 1. The molecule has 0 aromatic heterocycles. The summed E-state index contributed by atoms with van der Waals surface area (Å²) >= 11 is 0. The Kier molecular flexibility index (Phi) is 6.44. The molecule has 1 aliphatic rings. The highest BCUT2D eigenvalue weighted by atomic mass is 16.6. The lowest BCUT2D eigenvalue weighted by atomic mass is 9.93. The smallest absolute Gasteiger partial charge is 0.344 e. The van der Waals surface area contributed by atoms with Gasteiger partial charge in [0.2, 0.25) is 0 Å². The molecular formula is C19H24N2O6. The molecule has 0 aliphatic carbocycles. The molecule has 2 rings (SSSR count). The Labute approximate surface area is 157 Å². The lowest BCUT2D eigenvalue weighted by Gasteiger charge is -2.28. The second-order valence-electron chi connectivity index (χ2n) is 6.36. The van der Waals surface area contributed by atoms with E-state index in [-0.39, 0.29) is 18.5 Å². The quantitative estimate of drug-likeness (QED) is 0.708. The number of rotatable bonds is 7. The van der Waals surface area contributed by atoms with Crippen LogP contribution in [0.15, 0.2) is 29.5 Å². The van der Waals surface area contributed by atoms with Crippen LogP contribution in [0.25, 0.3) is 0 Å². The molecule has 0 radical (unpaired) electrons. The molecule has 2 amide bonds. The van der Waals surface area contributed by atoms with Crippen LogP contribution >= 0.6 is 0 Å². The van der Waals surface area contributed by atoms with Gasteiger partial charge in [-0.2, -0.15) is 0 Å². The Hall–Kier alpha value is -3.03. The molecule has 0 spiro atoms. The molecule has 0 saturated heterocycles. The van der Waals surface area contributed by atoms with Gasteiger partial charge in [-0.15, -0.1) is 0 Å². The normalized spacial score (nSPS) is 16.5. The second-order valence-corrected chi connectivity index (χ2v) is 6.36. The zero-order valence-electron chi connectivity index (χ0n) is 16.0. The number of amides is 2. The highest BCUT2D eigenvalue weighted by molar-refractivity contribution is 5.98. The summed E-state index contributed by atoms with van der Waals surface area (Å²) in [6.45, 7) is 6.37. The molecule has 0 fully saturated rings. The molecule has 1 unspecified atom stereocenters. The highest BCUT2D eigenvalue weighted by Gasteiger charge is 2.29. The van der Waals surface area contributed by atoms with Gasteiger partial charge in [0.1, 0.15) is 0 Å². The molecule has 1 aliphatic heterocycles. The van der Waals surface area contributed by atoms with Crippen molar-refractivity contribution in [2.75, 3.05) is 13.7 Å². The molecular weight excluding hydrogens is 352 g/mol. The zero-order chi connectivity index (χ0) is 20.1. The number of methoxy groups -OCH3 is 1. The first kappa shape index (κ1) is 20.3. The van der Waals surface area contributed by atoms with Crippen LogP contribution < -0.4 is 20.1 Å². The highest BCUT2D eigenvalue weighted by Crippen LogP contribution is 2.34. The Morgan fingerprint density at radius 1 is 1.22 bits per heavy atom. The average molecular weight is 376 g/mol. The van der Waals surface area contributed by atoms with Gasteiger partial charge >= 0.3 is 12.0 Å². The van der Waals surface area contributed by atoms with Crippen LogP contribution in [0.1, 0.15) is 39.3 Å². The van der Waals surface area contributed by atoms with Crippen LogP contribution in [0.3, 0.4) is 0 Å². The van der Waals surface area contributed by atoms with Gasteiger partial charge in [0.05, 0.1) is 19.3 Å². The standard InChI is InChI=1S/C19H24N2O6/c1-10(2)27-16(23)9-26-14-7-6-13(8-15(14)25-5)18-17(12(4)22)11(3)20-19(24)21-18/h6-8,10,18H,9H2,1-5H3,(H2,20,21,24). The van der Waals surface area contributed by atoms with Gasteiger partial charge in [0.15, 0.2) is 23.9 Å². The van der Waals surface area contributed by atoms with Crippen LogP contribution in [0.4, 0.5) is 4.79 Å². The number of hydrogen-bond acceptors (Lipinski definition) is 6. The summed E-state index contributed by atoms with van der Waals surface area (Å²) in [7, 11) is 1.46. The maximum Gasteiger partial charge on any atom is 0.344 e. The van der Waals surface area contributed by atoms with E-state index in [1.165, 1.54) is 14.0 Å². The molecule has 146 valence electrons. The van der Waals surface area contributed by atoms with Crippen molar-refractivity contribution in [3.05, 3.63) is 35.0 Å². The fourth-order valence-electron chi connectivity index (χ4n) is 2.83. The Balaban J connectivity index is 2.27. The topological polar surface area (TPSA) is 103 Å².